The Kier molecular flexibility index (Phi) is 7.22. The van der Waals surface area contributed by atoms with Gasteiger partial charge in [0, 0.05) is 6.21 Å². The van der Waals surface area contributed by atoms with Crippen molar-refractivity contribution >= 4 is 64.2 Å². The highest BCUT2D eigenvalue weighted by Gasteiger charge is 2.73. The normalized spacial score (nSPS) is 14.2. The van der Waals surface area contributed by atoms with Gasteiger partial charge in [0.25, 0.3) is 4.46 Å². The van der Waals surface area contributed by atoms with E-state index in [1.807, 2.05) is 121 Å². The van der Waals surface area contributed by atoms with E-state index in [1.165, 1.54) is 6.21 Å². The highest BCUT2D eigenvalue weighted by molar-refractivity contribution is 7.98. The molecule has 0 N–H and O–H groups in total. The third-order valence-electron chi connectivity index (χ3n) is 5.39. The van der Waals surface area contributed by atoms with Crippen LogP contribution >= 0.6 is 42.1 Å². The van der Waals surface area contributed by atoms with Crippen LogP contribution in [0.3, 0.4) is 0 Å². The van der Waals surface area contributed by atoms with E-state index in [2.05, 4.69) is 4.99 Å². The minimum Gasteiger partial charge on any atom is -0.247 e. The molecule has 0 aliphatic heterocycles. The van der Waals surface area contributed by atoms with Gasteiger partial charge in [-0.25, -0.2) is 4.99 Å². The molecule has 0 radical (unpaired) electrons. The van der Waals surface area contributed by atoms with Crippen molar-refractivity contribution in [3.05, 3.63) is 127 Å². The lowest BCUT2D eigenvalue weighted by Gasteiger charge is -2.39. The maximum atomic E-state index is 17.4. The molecule has 0 bridgehead atoms. The number of hydrogen-bond donors (Lipinski definition) is 0. The molecule has 0 aromatic heterocycles. The summed E-state index contributed by atoms with van der Waals surface area (Å²) in [5.41, 5.74) is 0.735. The number of benzene rings is 4. The van der Waals surface area contributed by atoms with Crippen LogP contribution in [0.15, 0.2) is 126 Å². The van der Waals surface area contributed by atoms with Gasteiger partial charge in [0.15, 0.2) is 7.26 Å². The highest BCUT2D eigenvalue weighted by Crippen LogP contribution is 2.74. The van der Waals surface area contributed by atoms with Gasteiger partial charge in [-0.2, -0.15) is 4.39 Å². The topological polar surface area (TPSA) is 12.4 Å². The molecule has 0 saturated heterocycles. The lowest BCUT2D eigenvalue weighted by molar-refractivity contribution is 0.362. The summed E-state index contributed by atoms with van der Waals surface area (Å²) in [6.07, 6.45) is 1.45. The molecule has 0 fully saturated rings. The Bertz CT molecular complexity index is 1100. The van der Waals surface area contributed by atoms with Crippen molar-refractivity contribution in [2.75, 3.05) is 0 Å². The summed E-state index contributed by atoms with van der Waals surface area (Å²) in [5.74, 6) is 0. The molecular formula is C27H21Cl3FNP+. The maximum absolute atomic E-state index is 17.4. The SMILES string of the molecule is FC(Cl)(C(Cl)(Cl)/N=C/c1ccccc1)[P+](c1ccccc1)(c1ccccc1)c1ccccc1. The fraction of sp³-hybridized carbons (Fsp3) is 0.0741. The minimum absolute atomic E-state index is 0.709. The van der Waals surface area contributed by atoms with Gasteiger partial charge in [0.1, 0.15) is 15.9 Å². The Balaban J connectivity index is 2.00. The minimum atomic E-state index is -3.28. The summed E-state index contributed by atoms with van der Waals surface area (Å²) in [6, 6.07) is 37.3. The lowest BCUT2D eigenvalue weighted by Crippen LogP contribution is -2.50. The van der Waals surface area contributed by atoms with Gasteiger partial charge in [-0.1, -0.05) is 108 Å². The standard InChI is InChI=1S/C27H21Cl3FNP/c28-26(29,32-21-22-13-5-1-6-14-22)27(30,31)33(23-15-7-2-8-16-23,24-17-9-3-10-18-24)25-19-11-4-12-20-25/h1-21H/q+1/b32-21+. The van der Waals surface area contributed by atoms with Gasteiger partial charge in [-0.15, -0.1) is 0 Å². The molecule has 0 amide bonds. The van der Waals surface area contributed by atoms with Crippen LogP contribution in [0, 0.1) is 0 Å². The largest absolute Gasteiger partial charge is 0.355 e. The first-order valence-electron chi connectivity index (χ1n) is 10.3. The summed E-state index contributed by atoms with van der Waals surface area (Å²) in [6.45, 7) is 0. The van der Waals surface area contributed by atoms with Crippen molar-refractivity contribution < 1.29 is 4.39 Å². The zero-order valence-corrected chi connectivity index (χ0v) is 20.7. The summed E-state index contributed by atoms with van der Waals surface area (Å²) in [5, 5.41) is 2.13. The zero-order valence-electron chi connectivity index (χ0n) is 17.5. The van der Waals surface area contributed by atoms with Gasteiger partial charge in [-0.05, 0) is 53.6 Å². The molecule has 4 aromatic rings. The zero-order chi connectivity index (χ0) is 23.4. The van der Waals surface area contributed by atoms with E-state index >= 15 is 4.39 Å². The fourth-order valence-corrected chi connectivity index (χ4v) is 9.83. The van der Waals surface area contributed by atoms with Gasteiger partial charge in [0.2, 0.25) is 0 Å². The van der Waals surface area contributed by atoms with Crippen LogP contribution in [0.25, 0.3) is 0 Å². The van der Waals surface area contributed by atoms with Gasteiger partial charge < -0.3 is 0 Å². The Morgan fingerprint density at radius 3 is 1.27 bits per heavy atom. The third-order valence-corrected chi connectivity index (χ3v) is 12.0. The molecule has 1 nitrogen and oxygen atoms in total. The molecule has 4 rings (SSSR count). The van der Waals surface area contributed by atoms with Crippen LogP contribution in [-0.4, -0.2) is 15.5 Å². The number of hydrogen-bond acceptors (Lipinski definition) is 1. The number of halogens is 4. The van der Waals surface area contributed by atoms with E-state index < -0.39 is 16.6 Å². The Labute approximate surface area is 209 Å². The molecule has 0 saturated carbocycles. The van der Waals surface area contributed by atoms with E-state index in [4.69, 9.17) is 34.8 Å². The average molecular weight is 516 g/mol. The molecule has 1 atom stereocenters. The fourth-order valence-electron chi connectivity index (χ4n) is 3.86. The average Bonchev–Trinajstić information content (AvgIpc) is 2.86. The third kappa shape index (κ3) is 4.46. The molecule has 33 heavy (non-hydrogen) atoms. The second kappa shape index (κ2) is 9.95. The van der Waals surface area contributed by atoms with Crippen molar-refractivity contribution in [1.82, 2.24) is 0 Å². The summed E-state index contributed by atoms with van der Waals surface area (Å²) in [7, 11) is -3.28. The van der Waals surface area contributed by atoms with E-state index in [9.17, 15) is 0 Å². The highest BCUT2D eigenvalue weighted by atomic mass is 35.5. The Morgan fingerprint density at radius 2 is 0.909 bits per heavy atom. The first kappa shape index (κ1) is 23.9. The predicted octanol–water partition coefficient (Wildman–Crippen LogP) is 7.09. The monoisotopic (exact) mass is 514 g/mol. The molecule has 0 spiro atoms. The van der Waals surface area contributed by atoms with Crippen LogP contribution in [0.4, 0.5) is 4.39 Å². The summed E-state index contributed by atoms with van der Waals surface area (Å²) in [4.78, 5) is 1.59. The first-order valence-corrected chi connectivity index (χ1v) is 13.2. The second-order valence-electron chi connectivity index (χ2n) is 7.43. The van der Waals surface area contributed by atoms with E-state index in [0.717, 1.165) is 5.56 Å². The van der Waals surface area contributed by atoms with Crippen molar-refractivity contribution in [2.45, 2.75) is 9.33 Å². The number of rotatable bonds is 7. The van der Waals surface area contributed by atoms with E-state index in [1.54, 1.807) is 0 Å². The van der Waals surface area contributed by atoms with Crippen LogP contribution < -0.4 is 15.9 Å². The summed E-state index contributed by atoms with van der Waals surface area (Å²) < 4.78 is 15.1. The van der Waals surface area contributed by atoms with Crippen LogP contribution in [0.1, 0.15) is 5.56 Å². The quantitative estimate of drug-likeness (QED) is 0.108. The van der Waals surface area contributed by atoms with Gasteiger partial charge in [0.05, 0.1) is 0 Å². The molecular weight excluding hydrogens is 495 g/mol. The molecule has 6 heteroatoms. The van der Waals surface area contributed by atoms with Gasteiger partial charge in [-0.3, -0.25) is 0 Å². The van der Waals surface area contributed by atoms with Gasteiger partial charge >= 0.3 is 4.87 Å². The molecule has 0 aliphatic rings. The van der Waals surface area contributed by atoms with Crippen molar-refractivity contribution in [2.24, 2.45) is 4.99 Å². The van der Waals surface area contributed by atoms with E-state index in [0.29, 0.717) is 15.9 Å². The van der Waals surface area contributed by atoms with Crippen LogP contribution in [0.2, 0.25) is 0 Å². The summed E-state index contributed by atoms with van der Waals surface area (Å²) >= 11 is 20.3. The van der Waals surface area contributed by atoms with Crippen molar-refractivity contribution in [3.8, 4) is 0 Å². The van der Waals surface area contributed by atoms with Crippen molar-refractivity contribution in [3.63, 3.8) is 0 Å². The molecule has 4 aromatic carbocycles. The lowest BCUT2D eigenvalue weighted by atomic mass is 10.2. The Hall–Kier alpha value is -2.22. The Morgan fingerprint density at radius 1 is 0.576 bits per heavy atom. The molecule has 0 aliphatic carbocycles. The predicted molar refractivity (Wildman–Crippen MR) is 143 cm³/mol. The number of alkyl halides is 4. The number of aliphatic imine (C=N–C) groups is 1. The molecule has 166 valence electrons. The second-order valence-corrected chi connectivity index (χ2v) is 13.0. The van der Waals surface area contributed by atoms with Crippen LogP contribution in [0.5, 0.6) is 0 Å². The molecule has 1 unspecified atom stereocenters. The first-order chi connectivity index (χ1) is 15.9. The van der Waals surface area contributed by atoms with E-state index in [-0.39, 0.29) is 0 Å². The maximum Gasteiger partial charge on any atom is 0.355 e. The van der Waals surface area contributed by atoms with Crippen LogP contribution in [-0.2, 0) is 0 Å². The smallest absolute Gasteiger partial charge is 0.247 e. The molecule has 0 heterocycles. The van der Waals surface area contributed by atoms with Crippen molar-refractivity contribution in [1.29, 1.82) is 0 Å². The number of nitrogens with zero attached hydrogens (tertiary/aromatic N) is 1.